The highest BCUT2D eigenvalue weighted by Crippen LogP contribution is 2.36. The van der Waals surface area contributed by atoms with E-state index in [2.05, 4.69) is 10.2 Å². The van der Waals surface area contributed by atoms with Gasteiger partial charge in [0.05, 0.1) is 5.56 Å². The second-order valence-corrected chi connectivity index (χ2v) is 7.06. The highest BCUT2D eigenvalue weighted by molar-refractivity contribution is 8.00. The van der Waals surface area contributed by atoms with Crippen LogP contribution in [0, 0.1) is 5.82 Å². The second-order valence-electron chi connectivity index (χ2n) is 5.99. The molecule has 0 radical (unpaired) electrons. The summed E-state index contributed by atoms with van der Waals surface area (Å²) in [7, 11) is 5.22. The zero-order valence-electron chi connectivity index (χ0n) is 14.8. The van der Waals surface area contributed by atoms with E-state index in [0.29, 0.717) is 16.5 Å². The summed E-state index contributed by atoms with van der Waals surface area (Å²) in [5.74, 6) is 0.0230. The standard InChI is InChI=1S/C19H19FN4OS/c1-23(2)18(25)16(13-9-5-4-6-10-13)26-19-22-21-17(24(19)3)14-11-7-8-12-15(14)20/h4-12,16H,1-3H3/t16-/m0/s1. The van der Waals surface area contributed by atoms with Gasteiger partial charge in [-0.2, -0.15) is 0 Å². The Kier molecular flexibility index (Phi) is 5.37. The van der Waals surface area contributed by atoms with Crippen molar-refractivity contribution in [1.29, 1.82) is 0 Å². The van der Waals surface area contributed by atoms with Crippen molar-refractivity contribution in [2.45, 2.75) is 10.4 Å². The van der Waals surface area contributed by atoms with E-state index in [0.717, 1.165) is 5.56 Å². The summed E-state index contributed by atoms with van der Waals surface area (Å²) >= 11 is 1.30. The average molecular weight is 370 g/mol. The lowest BCUT2D eigenvalue weighted by molar-refractivity contribution is -0.128. The van der Waals surface area contributed by atoms with Gasteiger partial charge in [-0.1, -0.05) is 54.2 Å². The molecule has 0 aliphatic carbocycles. The number of hydrogen-bond acceptors (Lipinski definition) is 4. The third-order valence-electron chi connectivity index (χ3n) is 3.94. The van der Waals surface area contributed by atoms with Gasteiger partial charge in [-0.15, -0.1) is 10.2 Å². The Labute approximate surface area is 155 Å². The Bertz CT molecular complexity index is 911. The fraction of sp³-hybridized carbons (Fsp3) is 0.211. The van der Waals surface area contributed by atoms with Crippen molar-refractivity contribution in [3.8, 4) is 11.4 Å². The zero-order valence-corrected chi connectivity index (χ0v) is 15.6. The number of thioether (sulfide) groups is 1. The molecule has 0 saturated heterocycles. The van der Waals surface area contributed by atoms with E-state index in [-0.39, 0.29) is 11.7 Å². The van der Waals surface area contributed by atoms with E-state index >= 15 is 0 Å². The number of benzene rings is 2. The number of hydrogen-bond donors (Lipinski definition) is 0. The van der Waals surface area contributed by atoms with Crippen molar-refractivity contribution < 1.29 is 9.18 Å². The topological polar surface area (TPSA) is 51.0 Å². The van der Waals surface area contributed by atoms with E-state index in [1.807, 2.05) is 30.3 Å². The van der Waals surface area contributed by atoms with Crippen LogP contribution >= 0.6 is 11.8 Å². The summed E-state index contributed by atoms with van der Waals surface area (Å²) in [5, 5.41) is 8.40. The van der Waals surface area contributed by atoms with Crippen LogP contribution in [0.2, 0.25) is 0 Å². The van der Waals surface area contributed by atoms with Crippen LogP contribution in [0.25, 0.3) is 11.4 Å². The van der Waals surface area contributed by atoms with Crippen LogP contribution in [-0.2, 0) is 11.8 Å². The molecule has 0 bridgehead atoms. The van der Waals surface area contributed by atoms with Gasteiger partial charge in [0.25, 0.3) is 0 Å². The minimum Gasteiger partial charge on any atom is -0.348 e. The first-order valence-electron chi connectivity index (χ1n) is 8.06. The van der Waals surface area contributed by atoms with Gasteiger partial charge in [0.15, 0.2) is 11.0 Å². The van der Waals surface area contributed by atoms with Gasteiger partial charge in [0, 0.05) is 21.1 Å². The maximum atomic E-state index is 14.1. The molecule has 0 unspecified atom stereocenters. The third-order valence-corrected chi connectivity index (χ3v) is 5.22. The predicted molar refractivity (Wildman–Crippen MR) is 100 cm³/mol. The lowest BCUT2D eigenvalue weighted by atomic mass is 10.1. The monoisotopic (exact) mass is 370 g/mol. The number of nitrogens with zero attached hydrogens (tertiary/aromatic N) is 4. The van der Waals surface area contributed by atoms with Crippen LogP contribution in [0.5, 0.6) is 0 Å². The fourth-order valence-corrected chi connectivity index (χ4v) is 3.67. The molecule has 0 saturated carbocycles. The Morgan fingerprint density at radius 1 is 1.08 bits per heavy atom. The highest BCUT2D eigenvalue weighted by atomic mass is 32.2. The number of carbonyl (C=O) groups is 1. The first-order chi connectivity index (χ1) is 12.5. The summed E-state index contributed by atoms with van der Waals surface area (Å²) in [5.41, 5.74) is 1.26. The van der Waals surface area contributed by atoms with Crippen LogP contribution < -0.4 is 0 Å². The van der Waals surface area contributed by atoms with Crippen molar-refractivity contribution in [2.75, 3.05) is 14.1 Å². The summed E-state index contributed by atoms with van der Waals surface area (Å²) in [6.07, 6.45) is 0. The molecule has 2 aromatic carbocycles. The normalized spacial score (nSPS) is 12.0. The molecule has 0 N–H and O–H groups in total. The third kappa shape index (κ3) is 3.62. The number of rotatable bonds is 5. The summed E-state index contributed by atoms with van der Waals surface area (Å²) in [4.78, 5) is 14.2. The molecule has 7 heteroatoms. The van der Waals surface area contributed by atoms with Crippen molar-refractivity contribution in [3.05, 3.63) is 66.0 Å². The average Bonchev–Trinajstić information content (AvgIpc) is 3.00. The number of aromatic nitrogens is 3. The molecular formula is C19H19FN4OS. The minimum atomic E-state index is -0.456. The largest absolute Gasteiger partial charge is 0.348 e. The Morgan fingerprint density at radius 2 is 1.73 bits per heavy atom. The molecular weight excluding hydrogens is 351 g/mol. The number of carbonyl (C=O) groups excluding carboxylic acids is 1. The molecule has 3 rings (SSSR count). The van der Waals surface area contributed by atoms with Gasteiger partial charge in [-0.3, -0.25) is 4.79 Å². The molecule has 1 heterocycles. The number of amides is 1. The van der Waals surface area contributed by atoms with Crippen LogP contribution in [0.1, 0.15) is 10.8 Å². The Hall–Kier alpha value is -2.67. The van der Waals surface area contributed by atoms with E-state index in [1.165, 1.54) is 17.8 Å². The van der Waals surface area contributed by atoms with Gasteiger partial charge >= 0.3 is 0 Å². The molecule has 26 heavy (non-hydrogen) atoms. The number of halogens is 1. The van der Waals surface area contributed by atoms with E-state index < -0.39 is 5.25 Å². The van der Waals surface area contributed by atoms with Crippen LogP contribution in [0.15, 0.2) is 59.8 Å². The molecule has 1 aromatic heterocycles. The first-order valence-corrected chi connectivity index (χ1v) is 8.94. The van der Waals surface area contributed by atoms with Gasteiger partial charge in [0.2, 0.25) is 5.91 Å². The van der Waals surface area contributed by atoms with E-state index in [1.54, 1.807) is 48.8 Å². The predicted octanol–water partition coefficient (Wildman–Crippen LogP) is 3.54. The molecule has 0 spiro atoms. The number of likely N-dealkylation sites (N-methyl/N-ethyl adjacent to an activating group) is 1. The Balaban J connectivity index is 1.96. The zero-order chi connectivity index (χ0) is 18.7. The highest BCUT2D eigenvalue weighted by Gasteiger charge is 2.26. The second kappa shape index (κ2) is 7.70. The van der Waals surface area contributed by atoms with E-state index in [9.17, 15) is 9.18 Å². The lowest BCUT2D eigenvalue weighted by Gasteiger charge is -2.20. The molecule has 0 aliphatic rings. The van der Waals surface area contributed by atoms with Crippen LogP contribution in [-0.4, -0.2) is 39.7 Å². The van der Waals surface area contributed by atoms with Crippen molar-refractivity contribution in [2.24, 2.45) is 7.05 Å². The molecule has 3 aromatic rings. The van der Waals surface area contributed by atoms with Crippen LogP contribution in [0.3, 0.4) is 0 Å². The minimum absolute atomic E-state index is 0.0448. The smallest absolute Gasteiger partial charge is 0.240 e. The Morgan fingerprint density at radius 3 is 2.38 bits per heavy atom. The van der Waals surface area contributed by atoms with Gasteiger partial charge in [-0.25, -0.2) is 4.39 Å². The molecule has 5 nitrogen and oxygen atoms in total. The lowest BCUT2D eigenvalue weighted by Crippen LogP contribution is -2.26. The molecule has 1 atom stereocenters. The summed E-state index contributed by atoms with van der Waals surface area (Å²) < 4.78 is 15.8. The SMILES string of the molecule is CN(C)C(=O)[C@@H](Sc1nnc(-c2ccccc2F)n1C)c1ccccc1. The van der Waals surface area contributed by atoms with Crippen molar-refractivity contribution >= 4 is 17.7 Å². The molecule has 0 aliphatic heterocycles. The van der Waals surface area contributed by atoms with Crippen LogP contribution in [0.4, 0.5) is 4.39 Å². The maximum Gasteiger partial charge on any atom is 0.240 e. The first kappa shape index (κ1) is 18.1. The molecule has 134 valence electrons. The maximum absolute atomic E-state index is 14.1. The van der Waals surface area contributed by atoms with Gasteiger partial charge in [0.1, 0.15) is 11.1 Å². The summed E-state index contributed by atoms with van der Waals surface area (Å²) in [6.45, 7) is 0. The van der Waals surface area contributed by atoms with Crippen molar-refractivity contribution in [1.82, 2.24) is 19.7 Å². The molecule has 1 amide bonds. The quantitative estimate of drug-likeness (QED) is 0.645. The fourth-order valence-electron chi connectivity index (χ4n) is 2.52. The molecule has 0 fully saturated rings. The summed E-state index contributed by atoms with van der Waals surface area (Å²) in [6, 6.07) is 16.0. The van der Waals surface area contributed by atoms with E-state index in [4.69, 9.17) is 0 Å². The van der Waals surface area contributed by atoms with Gasteiger partial charge < -0.3 is 9.47 Å². The van der Waals surface area contributed by atoms with Gasteiger partial charge in [-0.05, 0) is 17.7 Å². The van der Waals surface area contributed by atoms with Crippen molar-refractivity contribution in [3.63, 3.8) is 0 Å².